The second-order valence-corrected chi connectivity index (χ2v) is 5.36. The Balaban J connectivity index is 2.31. The molecule has 0 aromatic heterocycles. The van der Waals surface area contributed by atoms with E-state index in [4.69, 9.17) is 0 Å². The highest BCUT2D eigenvalue weighted by Gasteiger charge is 2.24. The molecular weight excluding hydrogens is 226 g/mol. The van der Waals surface area contributed by atoms with Gasteiger partial charge in [0.15, 0.2) is 0 Å². The van der Waals surface area contributed by atoms with Crippen LogP contribution in [0.3, 0.4) is 0 Å². The highest BCUT2D eigenvalue weighted by Crippen LogP contribution is 2.15. The molecule has 0 aliphatic carbocycles. The van der Waals surface area contributed by atoms with Crippen molar-refractivity contribution in [2.24, 2.45) is 0 Å². The van der Waals surface area contributed by atoms with Gasteiger partial charge in [-0.2, -0.15) is 0 Å². The number of nitrogens with one attached hydrogen (secondary N) is 1. The Kier molecular flexibility index (Phi) is 6.65. The van der Waals surface area contributed by atoms with E-state index in [1.165, 1.54) is 0 Å². The number of hydrogen-bond acceptors (Lipinski definition) is 3. The van der Waals surface area contributed by atoms with E-state index < -0.39 is 0 Å². The van der Waals surface area contributed by atoms with Gasteiger partial charge in [-0.25, -0.2) is 0 Å². The first-order valence-electron chi connectivity index (χ1n) is 7.29. The third-order valence-electron chi connectivity index (χ3n) is 4.16. The van der Waals surface area contributed by atoms with Crippen molar-refractivity contribution in [3.8, 4) is 0 Å². The van der Waals surface area contributed by atoms with E-state index in [1.54, 1.807) is 0 Å². The minimum Gasteiger partial charge on any atom is -0.342 e. The first-order valence-corrected chi connectivity index (χ1v) is 7.29. The zero-order valence-corrected chi connectivity index (χ0v) is 12.4. The Bertz CT molecular complexity index is 249. The van der Waals surface area contributed by atoms with Gasteiger partial charge < -0.3 is 15.1 Å². The number of carbonyl (C=O) groups excluding carboxylic acids is 1. The zero-order valence-electron chi connectivity index (χ0n) is 12.4. The predicted molar refractivity (Wildman–Crippen MR) is 75.7 cm³/mol. The lowest BCUT2D eigenvalue weighted by Gasteiger charge is -2.36. The van der Waals surface area contributed by atoms with Gasteiger partial charge in [0.2, 0.25) is 5.91 Å². The van der Waals surface area contributed by atoms with Crippen LogP contribution in [0.1, 0.15) is 40.0 Å². The fraction of sp³-hybridized carbons (Fsp3) is 0.929. The first-order chi connectivity index (χ1) is 8.58. The summed E-state index contributed by atoms with van der Waals surface area (Å²) in [4.78, 5) is 16.5. The maximum Gasteiger partial charge on any atom is 0.236 e. The summed E-state index contributed by atoms with van der Waals surface area (Å²) in [6.45, 7) is 10.3. The average molecular weight is 255 g/mol. The molecule has 4 nitrogen and oxygen atoms in total. The molecule has 1 N–H and O–H groups in total. The molecule has 0 aromatic carbocycles. The summed E-state index contributed by atoms with van der Waals surface area (Å²) in [5, 5.41) is 3.27. The topological polar surface area (TPSA) is 35.6 Å². The maximum atomic E-state index is 12.1. The number of piperidine rings is 1. The lowest BCUT2D eigenvalue weighted by molar-refractivity contribution is -0.132. The molecule has 1 unspecified atom stereocenters. The van der Waals surface area contributed by atoms with Crippen molar-refractivity contribution < 1.29 is 4.79 Å². The van der Waals surface area contributed by atoms with Gasteiger partial charge in [-0.05, 0) is 32.7 Å². The van der Waals surface area contributed by atoms with Gasteiger partial charge in [0, 0.05) is 32.2 Å². The Morgan fingerprint density at radius 2 is 2.00 bits per heavy atom. The number of amides is 1. The number of carbonyl (C=O) groups is 1. The summed E-state index contributed by atoms with van der Waals surface area (Å²) >= 11 is 0. The lowest BCUT2D eigenvalue weighted by atomic mass is 10.0. The van der Waals surface area contributed by atoms with Crippen LogP contribution in [-0.2, 0) is 4.79 Å². The molecule has 1 amide bonds. The Morgan fingerprint density at radius 1 is 1.39 bits per heavy atom. The van der Waals surface area contributed by atoms with Crippen molar-refractivity contribution in [2.75, 3.05) is 33.2 Å². The van der Waals surface area contributed by atoms with Crippen LogP contribution in [0.4, 0.5) is 0 Å². The van der Waals surface area contributed by atoms with Crippen molar-refractivity contribution in [1.82, 2.24) is 15.1 Å². The second-order valence-electron chi connectivity index (χ2n) is 5.36. The molecular formula is C14H29N3O. The molecule has 1 atom stereocenters. The van der Waals surface area contributed by atoms with Crippen LogP contribution in [0.5, 0.6) is 0 Å². The van der Waals surface area contributed by atoms with Gasteiger partial charge in [0.05, 0.1) is 6.54 Å². The monoisotopic (exact) mass is 255 g/mol. The van der Waals surface area contributed by atoms with Crippen molar-refractivity contribution in [3.63, 3.8) is 0 Å². The van der Waals surface area contributed by atoms with E-state index in [9.17, 15) is 4.79 Å². The Labute approximate surface area is 112 Å². The Morgan fingerprint density at radius 3 is 2.50 bits per heavy atom. The van der Waals surface area contributed by atoms with Gasteiger partial charge in [0.1, 0.15) is 0 Å². The molecule has 1 saturated heterocycles. The third kappa shape index (κ3) is 4.58. The van der Waals surface area contributed by atoms with Gasteiger partial charge in [0.25, 0.3) is 0 Å². The fourth-order valence-corrected chi connectivity index (χ4v) is 2.36. The van der Waals surface area contributed by atoms with Crippen LogP contribution in [0, 0.1) is 0 Å². The van der Waals surface area contributed by atoms with E-state index in [0.717, 1.165) is 38.9 Å². The lowest BCUT2D eigenvalue weighted by Crippen LogP contribution is -2.48. The highest BCUT2D eigenvalue weighted by atomic mass is 16.2. The fourth-order valence-electron chi connectivity index (χ4n) is 2.36. The summed E-state index contributed by atoms with van der Waals surface area (Å²) in [6.07, 6.45) is 3.28. The van der Waals surface area contributed by atoms with E-state index >= 15 is 0 Å². The molecule has 1 aliphatic heterocycles. The zero-order chi connectivity index (χ0) is 13.5. The first kappa shape index (κ1) is 15.4. The van der Waals surface area contributed by atoms with Crippen molar-refractivity contribution in [1.29, 1.82) is 0 Å². The van der Waals surface area contributed by atoms with Crippen LogP contribution in [0.2, 0.25) is 0 Å². The second kappa shape index (κ2) is 7.74. The molecule has 1 aliphatic rings. The van der Waals surface area contributed by atoms with Gasteiger partial charge >= 0.3 is 0 Å². The van der Waals surface area contributed by atoms with Crippen LogP contribution >= 0.6 is 0 Å². The quantitative estimate of drug-likeness (QED) is 0.777. The summed E-state index contributed by atoms with van der Waals surface area (Å²) in [5.74, 6) is 0.227. The number of nitrogens with zero attached hydrogens (tertiary/aromatic N) is 2. The predicted octanol–water partition coefficient (Wildman–Crippen LogP) is 1.32. The molecule has 0 radical (unpaired) electrons. The minimum absolute atomic E-state index is 0.227. The van der Waals surface area contributed by atoms with Gasteiger partial charge in [-0.1, -0.05) is 13.8 Å². The molecule has 0 spiro atoms. The smallest absolute Gasteiger partial charge is 0.236 e. The summed E-state index contributed by atoms with van der Waals surface area (Å²) in [5.41, 5.74) is 0. The summed E-state index contributed by atoms with van der Waals surface area (Å²) < 4.78 is 0. The van der Waals surface area contributed by atoms with Crippen molar-refractivity contribution in [2.45, 2.75) is 52.1 Å². The van der Waals surface area contributed by atoms with Crippen LogP contribution in [0.15, 0.2) is 0 Å². The largest absolute Gasteiger partial charge is 0.342 e. The standard InChI is InChI=1S/C14H29N3O/c1-5-12(3)15-11-14(18)16(4)13-7-9-17(6-2)10-8-13/h12-13,15H,5-11H2,1-4H3. The molecule has 0 bridgehead atoms. The van der Waals surface area contributed by atoms with Gasteiger partial charge in [-0.3, -0.25) is 4.79 Å². The minimum atomic E-state index is 0.227. The number of likely N-dealkylation sites (N-methyl/N-ethyl adjacent to an activating group) is 1. The molecule has 0 aromatic rings. The van der Waals surface area contributed by atoms with E-state index in [2.05, 4.69) is 31.0 Å². The molecule has 4 heteroatoms. The molecule has 18 heavy (non-hydrogen) atoms. The van der Waals surface area contributed by atoms with Crippen LogP contribution in [-0.4, -0.2) is 61.0 Å². The molecule has 1 fully saturated rings. The van der Waals surface area contributed by atoms with E-state index in [1.807, 2.05) is 11.9 Å². The third-order valence-corrected chi connectivity index (χ3v) is 4.16. The average Bonchev–Trinajstić information content (AvgIpc) is 2.43. The maximum absolute atomic E-state index is 12.1. The molecule has 106 valence electrons. The van der Waals surface area contributed by atoms with Crippen molar-refractivity contribution >= 4 is 5.91 Å². The molecule has 0 saturated carbocycles. The molecule has 1 rings (SSSR count). The number of hydrogen-bond donors (Lipinski definition) is 1. The van der Waals surface area contributed by atoms with Crippen LogP contribution < -0.4 is 5.32 Å². The highest BCUT2D eigenvalue weighted by molar-refractivity contribution is 5.78. The number of likely N-dealkylation sites (tertiary alicyclic amines) is 1. The normalized spacial score (nSPS) is 19.8. The van der Waals surface area contributed by atoms with Gasteiger partial charge in [-0.15, -0.1) is 0 Å². The molecule has 1 heterocycles. The van der Waals surface area contributed by atoms with E-state index in [0.29, 0.717) is 18.6 Å². The van der Waals surface area contributed by atoms with Crippen molar-refractivity contribution in [3.05, 3.63) is 0 Å². The van der Waals surface area contributed by atoms with Crippen LogP contribution in [0.25, 0.3) is 0 Å². The summed E-state index contributed by atoms with van der Waals surface area (Å²) in [6, 6.07) is 0.850. The Hall–Kier alpha value is -0.610. The SMILES string of the molecule is CCC(C)NCC(=O)N(C)C1CCN(CC)CC1. The number of rotatable bonds is 6. The summed E-state index contributed by atoms with van der Waals surface area (Å²) in [7, 11) is 1.95. The van der Waals surface area contributed by atoms with E-state index in [-0.39, 0.29) is 5.91 Å².